The summed E-state index contributed by atoms with van der Waals surface area (Å²) < 4.78 is 5.28. The number of hydrogen-bond acceptors (Lipinski definition) is 4. The van der Waals surface area contributed by atoms with E-state index in [2.05, 4.69) is 5.32 Å². The van der Waals surface area contributed by atoms with Crippen LogP contribution in [0.4, 0.5) is 5.69 Å². The molecule has 1 aliphatic heterocycles. The number of anilines is 1. The highest BCUT2D eigenvalue weighted by atomic mass is 16.5. The summed E-state index contributed by atoms with van der Waals surface area (Å²) in [5.41, 5.74) is 1.47. The van der Waals surface area contributed by atoms with Gasteiger partial charge < -0.3 is 10.1 Å². The molecular weight excluding hydrogens is 232 g/mol. The molecule has 1 N–H and O–H groups in total. The van der Waals surface area contributed by atoms with E-state index >= 15 is 0 Å². The molecule has 0 spiro atoms. The van der Waals surface area contributed by atoms with Crippen LogP contribution in [0.3, 0.4) is 0 Å². The number of fused-ring (bicyclic) bond motifs is 1. The summed E-state index contributed by atoms with van der Waals surface area (Å²) in [6.07, 6.45) is 0. The van der Waals surface area contributed by atoms with Gasteiger partial charge in [-0.3, -0.25) is 14.5 Å². The first-order chi connectivity index (χ1) is 8.49. The number of hydrogen-bond donors (Lipinski definition) is 1. The van der Waals surface area contributed by atoms with E-state index in [1.165, 1.54) is 0 Å². The van der Waals surface area contributed by atoms with E-state index in [-0.39, 0.29) is 24.3 Å². The van der Waals surface area contributed by atoms with Crippen molar-refractivity contribution in [3.05, 3.63) is 23.8 Å². The summed E-state index contributed by atoms with van der Waals surface area (Å²) in [5.74, 6) is 0.520. The van der Waals surface area contributed by atoms with Gasteiger partial charge in [0.05, 0.1) is 11.7 Å². The van der Waals surface area contributed by atoms with E-state index in [0.29, 0.717) is 11.4 Å². The Hall–Kier alpha value is -1.88. The molecule has 5 nitrogen and oxygen atoms in total. The van der Waals surface area contributed by atoms with Gasteiger partial charge in [0.1, 0.15) is 5.75 Å². The topological polar surface area (TPSA) is 58.6 Å². The van der Waals surface area contributed by atoms with Gasteiger partial charge in [-0.2, -0.15) is 0 Å². The van der Waals surface area contributed by atoms with Gasteiger partial charge in [-0.1, -0.05) is 6.07 Å². The van der Waals surface area contributed by atoms with Gasteiger partial charge in [0.2, 0.25) is 0 Å². The van der Waals surface area contributed by atoms with Crippen LogP contribution < -0.4 is 10.1 Å². The third-order valence-electron chi connectivity index (χ3n) is 2.85. The number of ether oxygens (including phenoxy) is 1. The van der Waals surface area contributed by atoms with Crippen LogP contribution in [0.2, 0.25) is 0 Å². The average molecular weight is 248 g/mol. The van der Waals surface area contributed by atoms with Crippen LogP contribution >= 0.6 is 0 Å². The van der Waals surface area contributed by atoms with Crippen LogP contribution in [0.25, 0.3) is 0 Å². The van der Waals surface area contributed by atoms with Crippen LogP contribution in [-0.4, -0.2) is 37.3 Å². The fourth-order valence-corrected chi connectivity index (χ4v) is 2.17. The molecule has 1 atom stereocenters. The Morgan fingerprint density at radius 2 is 2.17 bits per heavy atom. The van der Waals surface area contributed by atoms with Crippen molar-refractivity contribution in [3.63, 3.8) is 0 Å². The second kappa shape index (κ2) is 4.78. The number of amides is 1. The molecule has 0 aliphatic carbocycles. The monoisotopic (exact) mass is 248 g/mol. The van der Waals surface area contributed by atoms with Gasteiger partial charge in [0.25, 0.3) is 5.91 Å². The fraction of sp³-hybridized carbons (Fsp3) is 0.385. The number of carbonyl (C=O) groups excluding carboxylic acids is 2. The third kappa shape index (κ3) is 2.36. The number of benzene rings is 1. The van der Waals surface area contributed by atoms with Crippen molar-refractivity contribution in [2.24, 2.45) is 0 Å². The molecule has 0 aromatic heterocycles. The summed E-state index contributed by atoms with van der Waals surface area (Å²) in [5, 5.41) is 2.74. The molecular formula is C13H16N2O3. The number of nitrogens with zero attached hydrogens (tertiary/aromatic N) is 1. The van der Waals surface area contributed by atoms with Crippen molar-refractivity contribution >= 4 is 17.4 Å². The average Bonchev–Trinajstić information content (AvgIpc) is 2.27. The Balaban J connectivity index is 2.38. The maximum Gasteiger partial charge on any atom is 0.262 e. The summed E-state index contributed by atoms with van der Waals surface area (Å²) in [4.78, 5) is 24.8. The zero-order valence-electron chi connectivity index (χ0n) is 10.7. The molecule has 0 fully saturated rings. The maximum atomic E-state index is 11.7. The van der Waals surface area contributed by atoms with E-state index in [0.717, 1.165) is 5.56 Å². The Morgan fingerprint density at radius 3 is 2.78 bits per heavy atom. The first-order valence-corrected chi connectivity index (χ1v) is 5.72. The lowest BCUT2D eigenvalue weighted by molar-refractivity contribution is -0.121. The molecule has 1 aromatic rings. The SMILES string of the molecule is CC(=O)C(c1ccc2c(c1)NC(=O)CO2)N(C)C. The molecule has 1 aliphatic rings. The molecule has 5 heteroatoms. The largest absolute Gasteiger partial charge is 0.482 e. The molecule has 1 unspecified atom stereocenters. The van der Waals surface area contributed by atoms with Crippen LogP contribution in [0.1, 0.15) is 18.5 Å². The van der Waals surface area contributed by atoms with Crippen molar-refractivity contribution in [3.8, 4) is 5.75 Å². The first kappa shape index (κ1) is 12.6. The van der Waals surface area contributed by atoms with Crippen LogP contribution in [0, 0.1) is 0 Å². The molecule has 0 bridgehead atoms. The lowest BCUT2D eigenvalue weighted by Gasteiger charge is -2.24. The van der Waals surface area contributed by atoms with Crippen molar-refractivity contribution in [2.75, 3.05) is 26.0 Å². The highest BCUT2D eigenvalue weighted by molar-refractivity contribution is 5.95. The van der Waals surface area contributed by atoms with Crippen LogP contribution in [0.15, 0.2) is 18.2 Å². The summed E-state index contributed by atoms with van der Waals surface area (Å²) in [7, 11) is 3.70. The molecule has 1 heterocycles. The normalized spacial score (nSPS) is 15.7. The standard InChI is InChI=1S/C13H16N2O3/c1-8(16)13(15(2)3)9-4-5-11-10(6-9)14-12(17)7-18-11/h4-6,13H,7H2,1-3H3,(H,14,17). The molecule has 0 saturated heterocycles. The molecule has 96 valence electrons. The van der Waals surface area contributed by atoms with E-state index in [4.69, 9.17) is 4.74 Å². The minimum Gasteiger partial charge on any atom is -0.482 e. The van der Waals surface area contributed by atoms with Crippen molar-refractivity contribution in [1.29, 1.82) is 0 Å². The van der Waals surface area contributed by atoms with Crippen LogP contribution in [0.5, 0.6) is 5.75 Å². The van der Waals surface area contributed by atoms with Gasteiger partial charge in [0, 0.05) is 0 Å². The van der Waals surface area contributed by atoms with Gasteiger partial charge in [-0.25, -0.2) is 0 Å². The van der Waals surface area contributed by atoms with Crippen LogP contribution in [-0.2, 0) is 9.59 Å². The molecule has 0 radical (unpaired) electrons. The number of likely N-dealkylation sites (N-methyl/N-ethyl adjacent to an activating group) is 1. The Kier molecular flexibility index (Phi) is 3.34. The predicted octanol–water partition coefficient (Wildman–Crippen LogP) is 1.21. The maximum absolute atomic E-state index is 11.7. The summed E-state index contributed by atoms with van der Waals surface area (Å²) in [6, 6.07) is 5.11. The number of ketones is 1. The number of Topliss-reactive ketones (excluding diaryl/α,β-unsaturated/α-hetero) is 1. The van der Waals surface area contributed by atoms with Gasteiger partial charge in [-0.15, -0.1) is 0 Å². The highest BCUT2D eigenvalue weighted by Gasteiger charge is 2.22. The Bertz CT molecular complexity index is 497. The highest BCUT2D eigenvalue weighted by Crippen LogP contribution is 2.31. The van der Waals surface area contributed by atoms with E-state index in [1.54, 1.807) is 19.1 Å². The van der Waals surface area contributed by atoms with Gasteiger partial charge in [-0.05, 0) is 38.7 Å². The third-order valence-corrected chi connectivity index (χ3v) is 2.85. The van der Waals surface area contributed by atoms with E-state index in [1.807, 2.05) is 25.1 Å². The fourth-order valence-electron chi connectivity index (χ4n) is 2.17. The predicted molar refractivity (Wildman–Crippen MR) is 67.7 cm³/mol. The molecule has 0 saturated carbocycles. The lowest BCUT2D eigenvalue weighted by atomic mass is 10.0. The Morgan fingerprint density at radius 1 is 1.44 bits per heavy atom. The molecule has 18 heavy (non-hydrogen) atoms. The van der Waals surface area contributed by atoms with Gasteiger partial charge >= 0.3 is 0 Å². The quantitative estimate of drug-likeness (QED) is 0.873. The second-order valence-corrected chi connectivity index (χ2v) is 4.57. The second-order valence-electron chi connectivity index (χ2n) is 4.57. The number of nitrogens with one attached hydrogen (secondary N) is 1. The smallest absolute Gasteiger partial charge is 0.262 e. The summed E-state index contributed by atoms with van der Waals surface area (Å²) >= 11 is 0. The molecule has 1 aromatic carbocycles. The zero-order chi connectivity index (χ0) is 13.3. The minimum absolute atomic E-state index is 0.0379. The lowest BCUT2D eigenvalue weighted by Crippen LogP contribution is -2.28. The van der Waals surface area contributed by atoms with Gasteiger partial charge in [0.15, 0.2) is 12.4 Å². The minimum atomic E-state index is -0.311. The molecule has 1 amide bonds. The zero-order valence-corrected chi connectivity index (χ0v) is 10.7. The Labute approximate surface area is 106 Å². The van der Waals surface area contributed by atoms with Crippen molar-refractivity contribution < 1.29 is 14.3 Å². The summed E-state index contributed by atoms with van der Waals surface area (Å²) in [6.45, 7) is 1.59. The first-order valence-electron chi connectivity index (χ1n) is 5.72. The number of rotatable bonds is 3. The van der Waals surface area contributed by atoms with Crippen molar-refractivity contribution in [1.82, 2.24) is 4.90 Å². The number of carbonyl (C=O) groups is 2. The van der Waals surface area contributed by atoms with Crippen molar-refractivity contribution in [2.45, 2.75) is 13.0 Å². The van der Waals surface area contributed by atoms with E-state index in [9.17, 15) is 9.59 Å². The molecule has 2 rings (SSSR count). The van der Waals surface area contributed by atoms with E-state index < -0.39 is 0 Å².